The number of hydrogen-bond acceptors (Lipinski definition) is 3. The molecule has 0 fully saturated rings. The molecule has 2 rings (SSSR count). The van der Waals surface area contributed by atoms with E-state index in [9.17, 15) is 0 Å². The third kappa shape index (κ3) is 5.46. The predicted octanol–water partition coefficient (Wildman–Crippen LogP) is 2.60. The molecule has 0 aliphatic carbocycles. The molecule has 1 atom stereocenters. The van der Waals surface area contributed by atoms with E-state index >= 15 is 0 Å². The first kappa shape index (κ1) is 16.0. The summed E-state index contributed by atoms with van der Waals surface area (Å²) in [5.74, 6) is 0. The molecule has 0 aliphatic heterocycles. The van der Waals surface area contributed by atoms with Gasteiger partial charge in [-0.3, -0.25) is 0 Å². The molecular weight excluding hydrogens is 260 g/mol. The number of nitrogens with one attached hydrogen (secondary N) is 2. The van der Waals surface area contributed by atoms with Gasteiger partial charge >= 0.3 is 0 Å². The Bertz CT molecular complexity index is 541. The summed E-state index contributed by atoms with van der Waals surface area (Å²) >= 11 is 0. The standard InChI is InChI=1S/C18H26N2O/c1-15(14-19-11-12-21-2)20-10-9-16-7-8-17-5-3-4-6-18(17)13-16/h3-8,13,15,19-20H,9-12,14H2,1-2H3. The van der Waals surface area contributed by atoms with E-state index in [0.29, 0.717) is 6.04 Å². The summed E-state index contributed by atoms with van der Waals surface area (Å²) in [6, 6.07) is 15.7. The van der Waals surface area contributed by atoms with Crippen molar-refractivity contribution in [1.82, 2.24) is 10.6 Å². The van der Waals surface area contributed by atoms with Gasteiger partial charge in [-0.05, 0) is 36.2 Å². The number of rotatable bonds is 9. The van der Waals surface area contributed by atoms with Crippen LogP contribution in [0.25, 0.3) is 10.8 Å². The Kier molecular flexibility index (Phi) is 6.67. The summed E-state index contributed by atoms with van der Waals surface area (Å²) in [6.45, 7) is 5.86. The van der Waals surface area contributed by atoms with Crippen molar-refractivity contribution in [2.75, 3.05) is 33.4 Å². The third-order valence-corrected chi connectivity index (χ3v) is 3.65. The van der Waals surface area contributed by atoms with Crippen molar-refractivity contribution >= 4 is 10.8 Å². The van der Waals surface area contributed by atoms with Crippen LogP contribution in [0.2, 0.25) is 0 Å². The molecule has 1 unspecified atom stereocenters. The van der Waals surface area contributed by atoms with Crippen LogP contribution in [0.15, 0.2) is 42.5 Å². The largest absolute Gasteiger partial charge is 0.383 e. The average molecular weight is 286 g/mol. The molecule has 2 aromatic carbocycles. The zero-order valence-electron chi connectivity index (χ0n) is 13.1. The molecule has 0 amide bonds. The number of methoxy groups -OCH3 is 1. The smallest absolute Gasteiger partial charge is 0.0587 e. The van der Waals surface area contributed by atoms with Crippen molar-refractivity contribution in [2.45, 2.75) is 19.4 Å². The van der Waals surface area contributed by atoms with E-state index in [-0.39, 0.29) is 0 Å². The monoisotopic (exact) mass is 286 g/mol. The maximum atomic E-state index is 5.01. The molecule has 3 heteroatoms. The molecule has 0 spiro atoms. The second-order valence-electron chi connectivity index (χ2n) is 5.48. The number of fused-ring (bicyclic) bond motifs is 1. The molecular formula is C18H26N2O. The second-order valence-corrected chi connectivity index (χ2v) is 5.48. The SMILES string of the molecule is COCCNCC(C)NCCc1ccc2ccccc2c1. The van der Waals surface area contributed by atoms with Gasteiger partial charge in [0, 0.05) is 26.2 Å². The Hall–Kier alpha value is -1.42. The summed E-state index contributed by atoms with van der Waals surface area (Å²) in [5, 5.41) is 9.56. The van der Waals surface area contributed by atoms with E-state index in [1.54, 1.807) is 7.11 Å². The molecule has 114 valence electrons. The Labute approximate surface area is 127 Å². The van der Waals surface area contributed by atoms with Gasteiger partial charge in [-0.1, -0.05) is 42.5 Å². The maximum Gasteiger partial charge on any atom is 0.0587 e. The van der Waals surface area contributed by atoms with Crippen molar-refractivity contribution in [3.63, 3.8) is 0 Å². The van der Waals surface area contributed by atoms with Crippen LogP contribution in [0.1, 0.15) is 12.5 Å². The molecule has 0 bridgehead atoms. The van der Waals surface area contributed by atoms with Gasteiger partial charge in [0.1, 0.15) is 0 Å². The van der Waals surface area contributed by atoms with E-state index in [1.807, 2.05) is 0 Å². The van der Waals surface area contributed by atoms with Gasteiger partial charge in [-0.25, -0.2) is 0 Å². The zero-order chi connectivity index (χ0) is 14.9. The van der Waals surface area contributed by atoms with Gasteiger partial charge in [0.2, 0.25) is 0 Å². The first-order valence-corrected chi connectivity index (χ1v) is 7.70. The Morgan fingerprint density at radius 3 is 2.67 bits per heavy atom. The van der Waals surface area contributed by atoms with E-state index in [0.717, 1.165) is 32.7 Å². The molecule has 0 aliphatic rings. The van der Waals surface area contributed by atoms with Crippen molar-refractivity contribution in [1.29, 1.82) is 0 Å². The van der Waals surface area contributed by atoms with E-state index in [1.165, 1.54) is 16.3 Å². The van der Waals surface area contributed by atoms with Crippen LogP contribution < -0.4 is 10.6 Å². The quantitative estimate of drug-likeness (QED) is 0.695. The third-order valence-electron chi connectivity index (χ3n) is 3.65. The maximum absolute atomic E-state index is 5.01. The number of benzene rings is 2. The van der Waals surface area contributed by atoms with Crippen molar-refractivity contribution in [2.24, 2.45) is 0 Å². The molecule has 0 heterocycles. The van der Waals surface area contributed by atoms with Crippen molar-refractivity contribution < 1.29 is 4.74 Å². The molecule has 0 saturated carbocycles. The van der Waals surface area contributed by atoms with E-state index in [2.05, 4.69) is 60.0 Å². The normalized spacial score (nSPS) is 12.7. The fraction of sp³-hybridized carbons (Fsp3) is 0.444. The van der Waals surface area contributed by atoms with E-state index < -0.39 is 0 Å². The molecule has 21 heavy (non-hydrogen) atoms. The molecule has 3 nitrogen and oxygen atoms in total. The van der Waals surface area contributed by atoms with Crippen LogP contribution >= 0.6 is 0 Å². The Morgan fingerprint density at radius 1 is 1.05 bits per heavy atom. The van der Waals surface area contributed by atoms with Gasteiger partial charge in [-0.15, -0.1) is 0 Å². The lowest BCUT2D eigenvalue weighted by atomic mass is 10.1. The summed E-state index contributed by atoms with van der Waals surface area (Å²) in [5.41, 5.74) is 1.39. The van der Waals surface area contributed by atoms with Crippen LogP contribution in [-0.4, -0.2) is 39.4 Å². The summed E-state index contributed by atoms with van der Waals surface area (Å²) in [7, 11) is 1.73. The zero-order valence-corrected chi connectivity index (χ0v) is 13.1. The molecule has 0 radical (unpaired) electrons. The first-order valence-electron chi connectivity index (χ1n) is 7.70. The van der Waals surface area contributed by atoms with Crippen molar-refractivity contribution in [3.05, 3.63) is 48.0 Å². The predicted molar refractivity (Wildman–Crippen MR) is 89.9 cm³/mol. The molecule has 0 saturated heterocycles. The Morgan fingerprint density at radius 2 is 1.86 bits per heavy atom. The highest BCUT2D eigenvalue weighted by atomic mass is 16.5. The lowest BCUT2D eigenvalue weighted by Crippen LogP contribution is -2.38. The lowest BCUT2D eigenvalue weighted by molar-refractivity contribution is 0.198. The van der Waals surface area contributed by atoms with Gasteiger partial charge in [-0.2, -0.15) is 0 Å². The van der Waals surface area contributed by atoms with Gasteiger partial charge < -0.3 is 15.4 Å². The number of ether oxygens (including phenoxy) is 1. The minimum atomic E-state index is 0.474. The first-order chi connectivity index (χ1) is 10.3. The topological polar surface area (TPSA) is 33.3 Å². The summed E-state index contributed by atoms with van der Waals surface area (Å²) in [4.78, 5) is 0. The van der Waals surface area contributed by atoms with Crippen LogP contribution in [-0.2, 0) is 11.2 Å². The van der Waals surface area contributed by atoms with Crippen LogP contribution in [0.3, 0.4) is 0 Å². The minimum absolute atomic E-state index is 0.474. The van der Waals surface area contributed by atoms with Crippen molar-refractivity contribution in [3.8, 4) is 0 Å². The molecule has 2 N–H and O–H groups in total. The second kappa shape index (κ2) is 8.78. The van der Waals surface area contributed by atoms with Gasteiger partial charge in [0.15, 0.2) is 0 Å². The Balaban J connectivity index is 1.72. The molecule has 2 aromatic rings. The number of hydrogen-bond donors (Lipinski definition) is 2. The minimum Gasteiger partial charge on any atom is -0.383 e. The summed E-state index contributed by atoms with van der Waals surface area (Å²) < 4.78 is 5.01. The van der Waals surface area contributed by atoms with Crippen LogP contribution in [0.5, 0.6) is 0 Å². The highest BCUT2D eigenvalue weighted by Crippen LogP contribution is 2.15. The molecule has 0 aromatic heterocycles. The van der Waals surface area contributed by atoms with E-state index in [4.69, 9.17) is 4.74 Å². The van der Waals surface area contributed by atoms with Crippen LogP contribution in [0, 0.1) is 0 Å². The summed E-state index contributed by atoms with van der Waals surface area (Å²) in [6.07, 6.45) is 1.06. The fourth-order valence-electron chi connectivity index (χ4n) is 2.42. The highest BCUT2D eigenvalue weighted by molar-refractivity contribution is 5.82. The fourth-order valence-corrected chi connectivity index (χ4v) is 2.42. The van der Waals surface area contributed by atoms with Gasteiger partial charge in [0.25, 0.3) is 0 Å². The van der Waals surface area contributed by atoms with Gasteiger partial charge in [0.05, 0.1) is 6.61 Å². The highest BCUT2D eigenvalue weighted by Gasteiger charge is 2.01. The van der Waals surface area contributed by atoms with Crippen LogP contribution in [0.4, 0.5) is 0 Å². The average Bonchev–Trinajstić information content (AvgIpc) is 2.51. The lowest BCUT2D eigenvalue weighted by Gasteiger charge is -2.14.